The first-order valence-corrected chi connectivity index (χ1v) is 17.3. The van der Waals surface area contributed by atoms with Crippen molar-refractivity contribution in [1.29, 1.82) is 0 Å². The third-order valence-corrected chi connectivity index (χ3v) is 11.4. The number of carbonyl (C=O) groups is 4. The van der Waals surface area contributed by atoms with Gasteiger partial charge in [-0.3, -0.25) is 14.6 Å². The summed E-state index contributed by atoms with van der Waals surface area (Å²) >= 11 is 0. The number of nitrogens with one attached hydrogen (secondary N) is 1. The van der Waals surface area contributed by atoms with Crippen LogP contribution in [0.5, 0.6) is 0 Å². The van der Waals surface area contributed by atoms with Crippen molar-refractivity contribution in [2.75, 3.05) is 6.61 Å². The Morgan fingerprint density at radius 2 is 1.87 bits per heavy atom. The lowest BCUT2D eigenvalue weighted by Crippen LogP contribution is -2.54. The average Bonchev–Trinajstić information content (AvgIpc) is 3.32. The minimum absolute atomic E-state index is 0.0267. The fraction of sp³-hybridized carbons (Fsp3) is 0.658. The van der Waals surface area contributed by atoms with Crippen LogP contribution in [0.4, 0.5) is 4.79 Å². The van der Waals surface area contributed by atoms with E-state index in [0.29, 0.717) is 35.8 Å². The smallest absolute Gasteiger partial charge is 0.408 e. The van der Waals surface area contributed by atoms with E-state index in [1.54, 1.807) is 39.1 Å². The number of aromatic nitrogens is 1. The molecular weight excluding hydrogens is 596 g/mol. The van der Waals surface area contributed by atoms with Gasteiger partial charge in [-0.15, -0.1) is 0 Å². The molecule has 1 amide bonds. The molecule has 47 heavy (non-hydrogen) atoms. The molecule has 1 aromatic heterocycles. The molecule has 5 rings (SSSR count). The number of ether oxygens (including phenoxy) is 3. The van der Waals surface area contributed by atoms with Gasteiger partial charge in [-0.2, -0.15) is 0 Å². The second kappa shape index (κ2) is 13.9. The summed E-state index contributed by atoms with van der Waals surface area (Å²) in [6, 6.07) is 4.46. The van der Waals surface area contributed by atoms with E-state index in [1.165, 1.54) is 12.5 Å². The Morgan fingerprint density at radius 3 is 2.57 bits per heavy atom. The van der Waals surface area contributed by atoms with Crippen molar-refractivity contribution in [2.45, 2.75) is 117 Å². The van der Waals surface area contributed by atoms with Gasteiger partial charge in [0.05, 0.1) is 0 Å². The molecule has 3 fully saturated rings. The highest BCUT2D eigenvalue weighted by atomic mass is 16.6. The number of amides is 1. The molecule has 0 aliphatic heterocycles. The zero-order valence-electron chi connectivity index (χ0n) is 28.9. The van der Waals surface area contributed by atoms with E-state index in [-0.39, 0.29) is 41.7 Å². The Labute approximate surface area is 279 Å². The Bertz CT molecular complexity index is 1400. The van der Waals surface area contributed by atoms with Crippen LogP contribution in [0.15, 0.2) is 48.2 Å². The van der Waals surface area contributed by atoms with Crippen LogP contribution >= 0.6 is 0 Å². The molecule has 0 aromatic carbocycles. The van der Waals surface area contributed by atoms with Gasteiger partial charge in [0.25, 0.3) is 0 Å². The lowest BCUT2D eigenvalue weighted by molar-refractivity contribution is -0.158. The van der Waals surface area contributed by atoms with Crippen LogP contribution in [-0.2, 0) is 35.0 Å². The standard InChI is InChI=1S/C38H52N2O7/c1-24(41)46-32-14-13-29-33-25(21-26-22-28(42)15-17-37(26,5)30(33)16-18-38(29,32)6)11-8-10-20-45-34(43)31(23-27-12-7-9-19-39-27)40-35(44)47-36(2,3)4/h7-10,12,19,22,25,29-33H,11,13-18,20-21,23H2,1-6H3,(H,40,44)/b10-8+/t25-,29+,30+,31+,32+,33+,37+,38+/m1/s1. The summed E-state index contributed by atoms with van der Waals surface area (Å²) in [5, 5.41) is 2.65. The normalized spacial score (nSPS) is 32.3. The Balaban J connectivity index is 1.27. The minimum Gasteiger partial charge on any atom is -0.462 e. The highest BCUT2D eigenvalue weighted by Crippen LogP contribution is 2.67. The van der Waals surface area contributed by atoms with Gasteiger partial charge in [-0.1, -0.05) is 37.6 Å². The van der Waals surface area contributed by atoms with Crippen molar-refractivity contribution in [3.05, 3.63) is 53.9 Å². The first-order valence-electron chi connectivity index (χ1n) is 17.3. The van der Waals surface area contributed by atoms with E-state index in [4.69, 9.17) is 14.2 Å². The largest absolute Gasteiger partial charge is 0.462 e. The number of esters is 2. The van der Waals surface area contributed by atoms with Crippen LogP contribution in [0.3, 0.4) is 0 Å². The van der Waals surface area contributed by atoms with Gasteiger partial charge in [0.15, 0.2) is 5.78 Å². The van der Waals surface area contributed by atoms with Gasteiger partial charge >= 0.3 is 18.0 Å². The fourth-order valence-corrected chi connectivity index (χ4v) is 9.23. The van der Waals surface area contributed by atoms with E-state index in [1.807, 2.05) is 18.2 Å². The van der Waals surface area contributed by atoms with E-state index >= 15 is 0 Å². The molecule has 1 aromatic rings. The fourth-order valence-electron chi connectivity index (χ4n) is 9.23. The van der Waals surface area contributed by atoms with Crippen LogP contribution < -0.4 is 5.32 Å². The Hall–Kier alpha value is -3.49. The number of ketones is 1. The second-order valence-corrected chi connectivity index (χ2v) is 15.6. The maximum atomic E-state index is 13.2. The van der Waals surface area contributed by atoms with Gasteiger partial charge in [-0.25, -0.2) is 9.59 Å². The molecule has 8 atom stereocenters. The predicted molar refractivity (Wildman–Crippen MR) is 177 cm³/mol. The monoisotopic (exact) mass is 648 g/mol. The topological polar surface area (TPSA) is 121 Å². The third-order valence-electron chi connectivity index (χ3n) is 11.4. The van der Waals surface area contributed by atoms with Crippen LogP contribution in [0.25, 0.3) is 0 Å². The molecule has 0 radical (unpaired) electrons. The summed E-state index contributed by atoms with van der Waals surface area (Å²) in [5.41, 5.74) is 1.22. The molecule has 0 bridgehead atoms. The van der Waals surface area contributed by atoms with Gasteiger partial charge in [0.2, 0.25) is 0 Å². The van der Waals surface area contributed by atoms with Crippen molar-refractivity contribution in [3.8, 4) is 0 Å². The van der Waals surface area contributed by atoms with Gasteiger partial charge in [0, 0.05) is 37.1 Å². The van der Waals surface area contributed by atoms with Crippen molar-refractivity contribution in [2.24, 2.45) is 34.5 Å². The van der Waals surface area contributed by atoms with Crippen molar-refractivity contribution in [1.82, 2.24) is 10.3 Å². The molecule has 1 heterocycles. The lowest BCUT2D eigenvalue weighted by atomic mass is 9.44. The molecule has 9 nitrogen and oxygen atoms in total. The van der Waals surface area contributed by atoms with Gasteiger partial charge < -0.3 is 19.5 Å². The first kappa shape index (κ1) is 34.8. The number of rotatable bonds is 9. The SMILES string of the molecule is CC(=O)O[C@H]1CC[C@H]2[C@@H]3[C@H](C/C=C/COC(=O)[C@H](Cc4ccccn4)NC(=O)OC(C)(C)C)CC4=CC(=O)CC[C@]4(C)[C@H]3CC[C@]12C. The summed E-state index contributed by atoms with van der Waals surface area (Å²) in [4.78, 5) is 54.5. The number of alkyl carbamates (subject to hydrolysis) is 1. The lowest BCUT2D eigenvalue weighted by Gasteiger charge is -2.60. The number of fused-ring (bicyclic) bond motifs is 5. The minimum atomic E-state index is -0.951. The summed E-state index contributed by atoms with van der Waals surface area (Å²) < 4.78 is 16.9. The first-order chi connectivity index (χ1) is 22.2. The van der Waals surface area contributed by atoms with Crippen LogP contribution in [0.1, 0.15) is 98.6 Å². The Kier molecular flexibility index (Phi) is 10.3. The van der Waals surface area contributed by atoms with Gasteiger partial charge in [0.1, 0.15) is 24.4 Å². The molecule has 4 aliphatic rings. The molecule has 0 unspecified atom stereocenters. The third kappa shape index (κ3) is 7.81. The van der Waals surface area contributed by atoms with Crippen molar-refractivity contribution in [3.63, 3.8) is 0 Å². The molecular formula is C38H52N2O7. The zero-order valence-corrected chi connectivity index (χ0v) is 28.9. The predicted octanol–water partition coefficient (Wildman–Crippen LogP) is 6.70. The van der Waals surface area contributed by atoms with Crippen LogP contribution in [0.2, 0.25) is 0 Å². The summed E-state index contributed by atoms with van der Waals surface area (Å²) in [7, 11) is 0. The van der Waals surface area contributed by atoms with Crippen molar-refractivity contribution >= 4 is 23.8 Å². The maximum absolute atomic E-state index is 13.2. The molecule has 1 N–H and O–H groups in total. The highest BCUT2D eigenvalue weighted by Gasteiger charge is 2.61. The number of carbonyl (C=O) groups excluding carboxylic acids is 4. The van der Waals surface area contributed by atoms with Crippen LogP contribution in [-0.4, -0.2) is 53.2 Å². The number of allylic oxidation sites excluding steroid dienone is 2. The van der Waals surface area contributed by atoms with Crippen molar-refractivity contribution < 1.29 is 33.4 Å². The molecule has 256 valence electrons. The zero-order chi connectivity index (χ0) is 34.0. The number of nitrogens with zero attached hydrogens (tertiary/aromatic N) is 1. The van der Waals surface area contributed by atoms with Crippen LogP contribution in [0, 0.1) is 34.5 Å². The quantitative estimate of drug-likeness (QED) is 0.179. The second-order valence-electron chi connectivity index (χ2n) is 15.6. The van der Waals surface area contributed by atoms with Gasteiger partial charge in [-0.05, 0) is 113 Å². The van der Waals surface area contributed by atoms with E-state index in [0.717, 1.165) is 44.9 Å². The molecule has 0 saturated heterocycles. The maximum Gasteiger partial charge on any atom is 0.408 e. The number of hydrogen-bond donors (Lipinski definition) is 1. The molecule has 0 spiro atoms. The average molecular weight is 649 g/mol. The highest BCUT2D eigenvalue weighted by molar-refractivity contribution is 5.91. The number of hydrogen-bond acceptors (Lipinski definition) is 8. The molecule has 9 heteroatoms. The van der Waals surface area contributed by atoms with E-state index in [9.17, 15) is 19.2 Å². The molecule has 4 aliphatic carbocycles. The molecule has 3 saturated carbocycles. The number of pyridine rings is 1. The van der Waals surface area contributed by atoms with E-state index in [2.05, 4.69) is 30.2 Å². The summed E-state index contributed by atoms with van der Waals surface area (Å²) in [5.74, 6) is 1.19. The van der Waals surface area contributed by atoms with E-state index < -0.39 is 23.7 Å². The summed E-state index contributed by atoms with van der Waals surface area (Å²) in [6.07, 6.45) is 14.2. The summed E-state index contributed by atoms with van der Waals surface area (Å²) in [6.45, 7) is 11.6. The Morgan fingerprint density at radius 1 is 1.09 bits per heavy atom.